The lowest BCUT2D eigenvalue weighted by molar-refractivity contribution is -0.121. The number of alkyl halides is 1. The van der Waals surface area contributed by atoms with Gasteiger partial charge in [-0.05, 0) is 31.0 Å². The molecule has 2 saturated heterocycles. The van der Waals surface area contributed by atoms with Crippen LogP contribution in [0.3, 0.4) is 0 Å². The Morgan fingerprint density at radius 1 is 1.45 bits per heavy atom. The fourth-order valence-corrected chi connectivity index (χ4v) is 3.13. The molecular weight excluding hydrogens is 289 g/mol. The third-order valence-electron chi connectivity index (χ3n) is 4.34. The molecule has 3 amide bonds. The number of nitrogens with zero attached hydrogens (tertiary/aromatic N) is 3. The lowest BCUT2D eigenvalue weighted by Gasteiger charge is -2.19. The number of aliphatic hydroxyl groups excluding tert-OH is 1. The molecule has 0 radical (unpaired) electrons. The van der Waals surface area contributed by atoms with Crippen LogP contribution in [0.2, 0.25) is 0 Å². The standard InChI is InChI=1S/C15H14FN3O3/c1-8-10(6-16)9(7-17)2-3-11(8)19-14(21)13-12(20)4-5-18(13)15(19)22/h2-3,12-13,20H,4-6H2,1H3/t12?,13-/m0/s1. The van der Waals surface area contributed by atoms with Gasteiger partial charge in [-0.3, -0.25) is 4.79 Å². The SMILES string of the molecule is Cc1c(N2C(=O)[C@@H]3C(O)CCN3C2=O)ccc(C#N)c1CF. The van der Waals surface area contributed by atoms with Crippen molar-refractivity contribution in [1.29, 1.82) is 5.26 Å². The van der Waals surface area contributed by atoms with Crippen LogP contribution in [0.4, 0.5) is 14.9 Å². The van der Waals surface area contributed by atoms with Crippen molar-refractivity contribution in [2.24, 2.45) is 0 Å². The number of urea groups is 1. The van der Waals surface area contributed by atoms with Crippen LogP contribution in [0.5, 0.6) is 0 Å². The Kier molecular flexibility index (Phi) is 3.34. The van der Waals surface area contributed by atoms with E-state index in [0.717, 1.165) is 4.90 Å². The number of anilines is 1. The maximum absolute atomic E-state index is 13.2. The third-order valence-corrected chi connectivity index (χ3v) is 4.34. The topological polar surface area (TPSA) is 84.6 Å². The average molecular weight is 303 g/mol. The van der Waals surface area contributed by atoms with E-state index in [4.69, 9.17) is 5.26 Å². The number of halogens is 1. The second kappa shape index (κ2) is 5.07. The summed E-state index contributed by atoms with van der Waals surface area (Å²) >= 11 is 0. The number of amides is 3. The van der Waals surface area contributed by atoms with Crippen LogP contribution in [0, 0.1) is 18.3 Å². The molecule has 1 unspecified atom stereocenters. The number of fused-ring (bicyclic) bond motifs is 1. The molecule has 0 bridgehead atoms. The lowest BCUT2D eigenvalue weighted by atomic mass is 10.0. The molecule has 2 atom stereocenters. The van der Waals surface area contributed by atoms with E-state index in [-0.39, 0.29) is 16.8 Å². The van der Waals surface area contributed by atoms with Gasteiger partial charge in [0, 0.05) is 12.1 Å². The molecule has 1 N–H and O–H groups in total. The van der Waals surface area contributed by atoms with Gasteiger partial charge in [0.25, 0.3) is 5.91 Å². The number of aliphatic hydroxyl groups is 1. The van der Waals surface area contributed by atoms with E-state index in [2.05, 4.69) is 0 Å². The van der Waals surface area contributed by atoms with E-state index in [1.54, 1.807) is 6.92 Å². The highest BCUT2D eigenvalue weighted by Gasteiger charge is 2.52. The minimum absolute atomic E-state index is 0.174. The number of rotatable bonds is 2. The van der Waals surface area contributed by atoms with E-state index in [0.29, 0.717) is 18.5 Å². The second-order valence-corrected chi connectivity index (χ2v) is 5.43. The first-order valence-electron chi connectivity index (χ1n) is 6.92. The van der Waals surface area contributed by atoms with Crippen LogP contribution in [-0.2, 0) is 11.5 Å². The first-order valence-corrected chi connectivity index (χ1v) is 6.92. The second-order valence-electron chi connectivity index (χ2n) is 5.43. The highest BCUT2D eigenvalue weighted by Crippen LogP contribution is 2.35. The van der Waals surface area contributed by atoms with Gasteiger partial charge >= 0.3 is 6.03 Å². The zero-order valence-electron chi connectivity index (χ0n) is 11.9. The van der Waals surface area contributed by atoms with Gasteiger partial charge in [0.15, 0.2) is 0 Å². The van der Waals surface area contributed by atoms with Gasteiger partial charge in [-0.1, -0.05) is 0 Å². The molecule has 1 aromatic carbocycles. The minimum atomic E-state index is -0.874. The summed E-state index contributed by atoms with van der Waals surface area (Å²) in [6.45, 7) is 1.04. The first-order chi connectivity index (χ1) is 10.5. The van der Waals surface area contributed by atoms with Crippen LogP contribution in [-0.4, -0.2) is 40.6 Å². The molecule has 1 aromatic rings. The molecule has 22 heavy (non-hydrogen) atoms. The lowest BCUT2D eigenvalue weighted by Crippen LogP contribution is -2.36. The summed E-state index contributed by atoms with van der Waals surface area (Å²) in [4.78, 5) is 27.2. The smallest absolute Gasteiger partial charge is 0.332 e. The number of carbonyl (C=O) groups excluding carboxylic acids is 2. The number of carbonyl (C=O) groups is 2. The minimum Gasteiger partial charge on any atom is -0.390 e. The fourth-order valence-electron chi connectivity index (χ4n) is 3.13. The van der Waals surface area contributed by atoms with Crippen molar-refractivity contribution in [3.05, 3.63) is 28.8 Å². The van der Waals surface area contributed by atoms with Crippen LogP contribution in [0.25, 0.3) is 0 Å². The molecular formula is C15H14FN3O3. The van der Waals surface area contributed by atoms with E-state index in [9.17, 15) is 19.1 Å². The predicted molar refractivity (Wildman–Crippen MR) is 74.7 cm³/mol. The maximum Gasteiger partial charge on any atom is 0.332 e. The Morgan fingerprint density at radius 3 is 2.77 bits per heavy atom. The summed E-state index contributed by atoms with van der Waals surface area (Å²) in [7, 11) is 0. The van der Waals surface area contributed by atoms with Crippen LogP contribution >= 0.6 is 0 Å². The van der Waals surface area contributed by atoms with Gasteiger partial charge in [-0.25, -0.2) is 14.1 Å². The van der Waals surface area contributed by atoms with Crippen LogP contribution in [0.15, 0.2) is 12.1 Å². The van der Waals surface area contributed by atoms with Crippen molar-refractivity contribution in [3.8, 4) is 6.07 Å². The van der Waals surface area contributed by atoms with Crippen molar-refractivity contribution in [1.82, 2.24) is 4.90 Å². The quantitative estimate of drug-likeness (QED) is 0.833. The molecule has 0 saturated carbocycles. The Labute approximate surface area is 126 Å². The summed E-state index contributed by atoms with van der Waals surface area (Å²) in [5.74, 6) is -0.507. The van der Waals surface area contributed by atoms with Crippen LogP contribution < -0.4 is 4.90 Å². The molecule has 2 aliphatic rings. The number of imide groups is 1. The molecule has 114 valence electrons. The first kappa shape index (κ1) is 14.5. The predicted octanol–water partition coefficient (Wildman–Crippen LogP) is 1.24. The van der Waals surface area contributed by atoms with Gasteiger partial charge in [0.2, 0.25) is 0 Å². The molecule has 3 rings (SSSR count). The third kappa shape index (κ3) is 1.81. The van der Waals surface area contributed by atoms with Gasteiger partial charge in [-0.2, -0.15) is 5.26 Å². The highest BCUT2D eigenvalue weighted by atomic mass is 19.1. The number of hydrogen-bond acceptors (Lipinski definition) is 4. The largest absolute Gasteiger partial charge is 0.390 e. The monoisotopic (exact) mass is 303 g/mol. The van der Waals surface area contributed by atoms with Crippen molar-refractivity contribution >= 4 is 17.6 Å². The summed E-state index contributed by atoms with van der Waals surface area (Å²) < 4.78 is 13.2. The Morgan fingerprint density at radius 2 is 2.18 bits per heavy atom. The molecule has 2 heterocycles. The highest BCUT2D eigenvalue weighted by molar-refractivity contribution is 6.22. The van der Waals surface area contributed by atoms with Gasteiger partial charge < -0.3 is 10.0 Å². The molecule has 7 heteroatoms. The number of benzene rings is 1. The number of hydrogen-bond donors (Lipinski definition) is 1. The van der Waals surface area contributed by atoms with Gasteiger partial charge in [0.1, 0.15) is 12.7 Å². The summed E-state index contributed by atoms with van der Waals surface area (Å²) in [6, 6.07) is 3.39. The molecule has 0 spiro atoms. The molecule has 6 nitrogen and oxygen atoms in total. The number of nitriles is 1. The van der Waals surface area contributed by atoms with Gasteiger partial charge in [0.05, 0.1) is 23.4 Å². The Hall–Kier alpha value is -2.46. The van der Waals surface area contributed by atoms with E-state index in [1.807, 2.05) is 6.07 Å². The van der Waals surface area contributed by atoms with Crippen LogP contribution in [0.1, 0.15) is 23.1 Å². The summed E-state index contributed by atoms with van der Waals surface area (Å²) in [6.07, 6.45) is -0.501. The van der Waals surface area contributed by atoms with Crippen molar-refractivity contribution in [2.45, 2.75) is 32.2 Å². The fraction of sp³-hybridized carbons (Fsp3) is 0.400. The summed E-state index contributed by atoms with van der Waals surface area (Å²) in [5, 5.41) is 18.9. The van der Waals surface area contributed by atoms with Crippen molar-refractivity contribution in [3.63, 3.8) is 0 Å². The van der Waals surface area contributed by atoms with Crippen molar-refractivity contribution < 1.29 is 19.1 Å². The zero-order valence-corrected chi connectivity index (χ0v) is 11.9. The normalized spacial score (nSPS) is 23.9. The molecule has 0 aromatic heterocycles. The Bertz CT molecular complexity index is 713. The zero-order chi connectivity index (χ0) is 16.0. The van der Waals surface area contributed by atoms with E-state index in [1.165, 1.54) is 17.0 Å². The molecule has 2 fully saturated rings. The summed E-state index contributed by atoms with van der Waals surface area (Å²) in [5.41, 5.74) is 1.01. The van der Waals surface area contributed by atoms with Gasteiger partial charge in [-0.15, -0.1) is 0 Å². The van der Waals surface area contributed by atoms with E-state index >= 15 is 0 Å². The average Bonchev–Trinajstić information content (AvgIpc) is 3.00. The molecule has 0 aliphatic carbocycles. The van der Waals surface area contributed by atoms with Crippen molar-refractivity contribution in [2.75, 3.05) is 11.4 Å². The molecule has 2 aliphatic heterocycles. The maximum atomic E-state index is 13.2. The van der Waals surface area contributed by atoms with E-state index < -0.39 is 30.8 Å². The Balaban J connectivity index is 2.08.